The number of benzene rings is 1. The molecule has 0 radical (unpaired) electrons. The zero-order chi connectivity index (χ0) is 13.7. The molecule has 0 N–H and O–H groups in total. The number of rotatable bonds is 1. The van der Waals surface area contributed by atoms with Gasteiger partial charge >= 0.3 is 6.18 Å². The lowest BCUT2D eigenvalue weighted by Gasteiger charge is -2.05. The first-order chi connectivity index (χ1) is 7.62. The van der Waals surface area contributed by atoms with Crippen molar-refractivity contribution < 1.29 is 21.6 Å². The first-order valence-electron chi connectivity index (χ1n) is 3.86. The Morgan fingerprint density at radius 1 is 1.06 bits per heavy atom. The molecule has 0 fully saturated rings. The van der Waals surface area contributed by atoms with E-state index in [1.807, 2.05) is 0 Å². The minimum absolute atomic E-state index is 0.194. The van der Waals surface area contributed by atoms with Crippen molar-refractivity contribution in [3.8, 4) is 0 Å². The van der Waals surface area contributed by atoms with Gasteiger partial charge in [0.25, 0.3) is 9.05 Å². The maximum Gasteiger partial charge on any atom is 0.416 e. The molecule has 0 amide bonds. The predicted molar refractivity (Wildman–Crippen MR) is 61.1 cm³/mol. The van der Waals surface area contributed by atoms with Crippen molar-refractivity contribution in [3.63, 3.8) is 0 Å². The van der Waals surface area contributed by atoms with E-state index in [9.17, 15) is 21.6 Å². The van der Waals surface area contributed by atoms with E-state index in [4.69, 9.17) is 33.9 Å². The Morgan fingerprint density at radius 2 is 1.41 bits per heavy atom. The maximum absolute atomic E-state index is 12.0. The lowest BCUT2D eigenvalue weighted by molar-refractivity contribution is -0.137. The molecule has 0 saturated heterocycles. The van der Waals surface area contributed by atoms with Crippen LogP contribution in [0.5, 0.6) is 0 Å². The van der Waals surface area contributed by atoms with E-state index in [2.05, 4.69) is 0 Å². The molecule has 0 aliphatic carbocycles. The SMILES string of the molecule is ClCCl.O=S(=O)(Cl)c1ccc(C(F)(F)F)cc1. The van der Waals surface area contributed by atoms with Crippen molar-refractivity contribution in [2.75, 3.05) is 5.34 Å². The molecule has 0 aromatic heterocycles. The van der Waals surface area contributed by atoms with E-state index >= 15 is 0 Å². The summed E-state index contributed by atoms with van der Waals surface area (Å²) in [6.07, 6.45) is -4.48. The summed E-state index contributed by atoms with van der Waals surface area (Å²) in [4.78, 5) is -0.354. The quantitative estimate of drug-likeness (QED) is 0.575. The van der Waals surface area contributed by atoms with E-state index < -0.39 is 20.8 Å². The van der Waals surface area contributed by atoms with E-state index in [0.29, 0.717) is 12.1 Å². The molecule has 0 aliphatic heterocycles. The summed E-state index contributed by atoms with van der Waals surface area (Å²) in [6.45, 7) is 0. The smallest absolute Gasteiger partial charge is 0.207 e. The second kappa shape index (κ2) is 6.68. The summed E-state index contributed by atoms with van der Waals surface area (Å²) in [5.41, 5.74) is -0.915. The van der Waals surface area contributed by atoms with Gasteiger partial charge in [0.05, 0.1) is 15.8 Å². The highest BCUT2D eigenvalue weighted by Crippen LogP contribution is 2.30. The van der Waals surface area contributed by atoms with Crippen molar-refractivity contribution in [2.24, 2.45) is 0 Å². The van der Waals surface area contributed by atoms with Gasteiger partial charge in [-0.25, -0.2) is 8.42 Å². The molecule has 0 unspecified atom stereocenters. The van der Waals surface area contributed by atoms with Gasteiger partial charge in [-0.1, -0.05) is 0 Å². The van der Waals surface area contributed by atoms with Crippen LogP contribution in [0.1, 0.15) is 5.56 Å². The van der Waals surface area contributed by atoms with Gasteiger partial charge < -0.3 is 0 Å². The molecule has 0 spiro atoms. The highest BCUT2D eigenvalue weighted by atomic mass is 35.7. The van der Waals surface area contributed by atoms with Crippen molar-refractivity contribution in [1.29, 1.82) is 0 Å². The Bertz CT molecular complexity index is 442. The van der Waals surface area contributed by atoms with Crippen molar-refractivity contribution in [3.05, 3.63) is 29.8 Å². The van der Waals surface area contributed by atoms with E-state index in [1.54, 1.807) is 0 Å². The van der Waals surface area contributed by atoms with Gasteiger partial charge in [0, 0.05) is 10.7 Å². The summed E-state index contributed by atoms with van der Waals surface area (Å²) in [7, 11) is 0.956. The molecular formula is C8H6Cl3F3O2S. The lowest BCUT2D eigenvalue weighted by atomic mass is 10.2. The Kier molecular flexibility index (Phi) is 6.61. The number of halogens is 6. The molecule has 0 saturated carbocycles. The van der Waals surface area contributed by atoms with Crippen molar-refractivity contribution in [2.45, 2.75) is 11.1 Å². The van der Waals surface area contributed by atoms with Crippen LogP contribution in [-0.4, -0.2) is 13.8 Å². The van der Waals surface area contributed by atoms with E-state index in [-0.39, 0.29) is 10.2 Å². The van der Waals surface area contributed by atoms with Gasteiger partial charge in [-0.15, -0.1) is 23.2 Å². The van der Waals surface area contributed by atoms with Crippen LogP contribution in [0.25, 0.3) is 0 Å². The van der Waals surface area contributed by atoms with Gasteiger partial charge in [0.15, 0.2) is 0 Å². The van der Waals surface area contributed by atoms with Gasteiger partial charge in [-0.2, -0.15) is 13.2 Å². The van der Waals surface area contributed by atoms with Crippen LogP contribution in [0.3, 0.4) is 0 Å². The third kappa shape index (κ3) is 6.35. The Hall–Kier alpha value is -0.170. The third-order valence-electron chi connectivity index (χ3n) is 1.46. The van der Waals surface area contributed by atoms with Crippen LogP contribution in [-0.2, 0) is 15.2 Å². The molecular weight excluding hydrogens is 324 g/mol. The zero-order valence-corrected chi connectivity index (χ0v) is 11.1. The topological polar surface area (TPSA) is 34.1 Å². The molecule has 0 aliphatic rings. The second-order valence-corrected chi connectivity index (χ2v) is 5.94. The maximum atomic E-state index is 12.0. The fourth-order valence-electron chi connectivity index (χ4n) is 0.806. The number of hydrogen-bond donors (Lipinski definition) is 0. The number of alkyl halides is 5. The fraction of sp³-hybridized carbons (Fsp3) is 0.250. The zero-order valence-electron chi connectivity index (χ0n) is 8.01. The van der Waals surface area contributed by atoms with Crippen LogP contribution >= 0.6 is 33.9 Å². The largest absolute Gasteiger partial charge is 0.416 e. The Balaban J connectivity index is 0.000000770. The standard InChI is InChI=1S/C7H4ClF3O2S.CH2Cl2/c8-14(12,13)6-3-1-5(2-4-6)7(9,10)11;2-1-3/h1-4H;1H2. The molecule has 0 heterocycles. The van der Waals surface area contributed by atoms with Crippen molar-refractivity contribution >= 4 is 42.9 Å². The third-order valence-corrected chi connectivity index (χ3v) is 2.83. The van der Waals surface area contributed by atoms with Crippen molar-refractivity contribution in [1.82, 2.24) is 0 Å². The average molecular weight is 330 g/mol. The molecule has 0 atom stereocenters. The fourth-order valence-corrected chi connectivity index (χ4v) is 1.58. The first kappa shape index (κ1) is 16.8. The monoisotopic (exact) mass is 328 g/mol. The lowest BCUT2D eigenvalue weighted by Crippen LogP contribution is -2.04. The summed E-state index contributed by atoms with van der Waals surface area (Å²) < 4.78 is 57.5. The predicted octanol–water partition coefficient (Wildman–Crippen LogP) is 4.05. The van der Waals surface area contributed by atoms with Crippen LogP contribution in [0, 0.1) is 0 Å². The molecule has 2 nitrogen and oxygen atoms in total. The van der Waals surface area contributed by atoms with E-state index in [1.165, 1.54) is 0 Å². The van der Waals surface area contributed by atoms with E-state index in [0.717, 1.165) is 12.1 Å². The highest BCUT2D eigenvalue weighted by Gasteiger charge is 2.30. The Labute approximate surface area is 111 Å². The molecule has 98 valence electrons. The van der Waals surface area contributed by atoms with Gasteiger partial charge in [0.2, 0.25) is 0 Å². The Morgan fingerprint density at radius 3 is 1.65 bits per heavy atom. The van der Waals surface area contributed by atoms with Gasteiger partial charge in [0.1, 0.15) is 0 Å². The van der Waals surface area contributed by atoms with Crippen LogP contribution in [0.2, 0.25) is 0 Å². The molecule has 0 bridgehead atoms. The van der Waals surface area contributed by atoms with Crippen LogP contribution < -0.4 is 0 Å². The minimum Gasteiger partial charge on any atom is -0.207 e. The van der Waals surface area contributed by atoms with Gasteiger partial charge in [-0.05, 0) is 24.3 Å². The molecule has 1 rings (SSSR count). The summed E-state index contributed by atoms with van der Waals surface area (Å²) in [6, 6.07) is 2.95. The molecule has 1 aromatic carbocycles. The summed E-state index contributed by atoms with van der Waals surface area (Å²) in [5, 5.41) is 0.194. The molecule has 1 aromatic rings. The second-order valence-electron chi connectivity index (χ2n) is 2.56. The average Bonchev–Trinajstić information content (AvgIpc) is 2.16. The van der Waals surface area contributed by atoms with Crippen LogP contribution in [0.4, 0.5) is 13.2 Å². The highest BCUT2D eigenvalue weighted by molar-refractivity contribution is 8.13. The summed E-state index contributed by atoms with van der Waals surface area (Å²) in [5.74, 6) is 0. The van der Waals surface area contributed by atoms with Crippen LogP contribution in [0.15, 0.2) is 29.2 Å². The minimum atomic E-state index is -4.48. The first-order valence-corrected chi connectivity index (χ1v) is 7.24. The summed E-state index contributed by atoms with van der Waals surface area (Å²) >= 11 is 9.53. The number of hydrogen-bond acceptors (Lipinski definition) is 2. The normalized spacial score (nSPS) is 11.6. The molecule has 9 heteroatoms. The molecule has 17 heavy (non-hydrogen) atoms. The van der Waals surface area contributed by atoms with Gasteiger partial charge in [-0.3, -0.25) is 0 Å².